The Bertz CT molecular complexity index is 275. The number of hydrogen-bond donors (Lipinski definition) is 3. The van der Waals surface area contributed by atoms with Gasteiger partial charge in [0.1, 0.15) is 0 Å². The van der Waals surface area contributed by atoms with Gasteiger partial charge in [-0.1, -0.05) is 12.8 Å². The quantitative estimate of drug-likeness (QED) is 0.578. The number of carboxylic acid groups (broad SMARTS) is 1. The molecule has 0 saturated heterocycles. The van der Waals surface area contributed by atoms with Gasteiger partial charge in [-0.25, -0.2) is 4.79 Å². The SMILES string of the molecule is O=C(O)/C=C/C(=O)N[C@@H]1CCCC[C@H]1O. The van der Waals surface area contributed by atoms with Crippen LogP contribution in [-0.4, -0.2) is 34.2 Å². The summed E-state index contributed by atoms with van der Waals surface area (Å²) in [6.45, 7) is 0. The number of rotatable bonds is 3. The minimum absolute atomic E-state index is 0.246. The Balaban J connectivity index is 2.39. The highest BCUT2D eigenvalue weighted by Crippen LogP contribution is 2.18. The third-order valence-electron chi connectivity index (χ3n) is 2.43. The molecule has 1 rings (SSSR count). The van der Waals surface area contributed by atoms with Gasteiger partial charge < -0.3 is 15.5 Å². The van der Waals surface area contributed by atoms with E-state index in [4.69, 9.17) is 5.11 Å². The average Bonchev–Trinajstić information content (AvgIpc) is 2.18. The molecule has 0 radical (unpaired) electrons. The lowest BCUT2D eigenvalue weighted by Crippen LogP contribution is -2.44. The zero-order chi connectivity index (χ0) is 11.3. The maximum atomic E-state index is 11.2. The van der Waals surface area contributed by atoms with E-state index < -0.39 is 18.0 Å². The Labute approximate surface area is 87.8 Å². The lowest BCUT2D eigenvalue weighted by molar-refractivity contribution is -0.131. The lowest BCUT2D eigenvalue weighted by atomic mass is 9.92. The Kier molecular flexibility index (Phi) is 4.30. The van der Waals surface area contributed by atoms with Crippen LogP contribution in [0.25, 0.3) is 0 Å². The van der Waals surface area contributed by atoms with Crippen molar-refractivity contribution in [3.8, 4) is 0 Å². The lowest BCUT2D eigenvalue weighted by Gasteiger charge is -2.27. The fraction of sp³-hybridized carbons (Fsp3) is 0.600. The van der Waals surface area contributed by atoms with Crippen molar-refractivity contribution in [3.05, 3.63) is 12.2 Å². The molecule has 1 aliphatic carbocycles. The van der Waals surface area contributed by atoms with Crippen LogP contribution in [0.2, 0.25) is 0 Å². The number of aliphatic carboxylic acids is 1. The van der Waals surface area contributed by atoms with Crippen molar-refractivity contribution >= 4 is 11.9 Å². The highest BCUT2D eigenvalue weighted by molar-refractivity contribution is 5.94. The van der Waals surface area contributed by atoms with Gasteiger partial charge in [0.25, 0.3) is 0 Å². The van der Waals surface area contributed by atoms with Gasteiger partial charge >= 0.3 is 5.97 Å². The van der Waals surface area contributed by atoms with Crippen LogP contribution in [0.15, 0.2) is 12.2 Å². The van der Waals surface area contributed by atoms with Gasteiger partial charge in [-0.05, 0) is 12.8 Å². The third kappa shape index (κ3) is 4.12. The van der Waals surface area contributed by atoms with E-state index in [0.717, 1.165) is 31.4 Å². The summed E-state index contributed by atoms with van der Waals surface area (Å²) in [5, 5.41) is 20.4. The largest absolute Gasteiger partial charge is 0.478 e. The molecule has 1 amide bonds. The second kappa shape index (κ2) is 5.50. The van der Waals surface area contributed by atoms with Crippen molar-refractivity contribution in [1.82, 2.24) is 5.32 Å². The Morgan fingerprint density at radius 2 is 1.87 bits per heavy atom. The van der Waals surface area contributed by atoms with Gasteiger partial charge in [0, 0.05) is 12.2 Å². The second-order valence-corrected chi connectivity index (χ2v) is 3.64. The highest BCUT2D eigenvalue weighted by atomic mass is 16.4. The molecule has 0 bridgehead atoms. The normalized spacial score (nSPS) is 26.5. The van der Waals surface area contributed by atoms with Gasteiger partial charge in [0.15, 0.2) is 0 Å². The van der Waals surface area contributed by atoms with Gasteiger partial charge in [-0.3, -0.25) is 4.79 Å². The monoisotopic (exact) mass is 213 g/mol. The summed E-state index contributed by atoms with van der Waals surface area (Å²) in [4.78, 5) is 21.3. The zero-order valence-corrected chi connectivity index (χ0v) is 8.35. The fourth-order valence-electron chi connectivity index (χ4n) is 1.66. The molecule has 0 heterocycles. The van der Waals surface area contributed by atoms with E-state index in [2.05, 4.69) is 5.32 Å². The van der Waals surface area contributed by atoms with E-state index >= 15 is 0 Å². The van der Waals surface area contributed by atoms with E-state index in [-0.39, 0.29) is 6.04 Å². The smallest absolute Gasteiger partial charge is 0.328 e. The number of amides is 1. The van der Waals surface area contributed by atoms with Crippen LogP contribution in [0, 0.1) is 0 Å². The minimum Gasteiger partial charge on any atom is -0.478 e. The van der Waals surface area contributed by atoms with Crippen molar-refractivity contribution in [2.24, 2.45) is 0 Å². The maximum Gasteiger partial charge on any atom is 0.328 e. The molecule has 0 aromatic rings. The average molecular weight is 213 g/mol. The van der Waals surface area contributed by atoms with Crippen molar-refractivity contribution in [1.29, 1.82) is 0 Å². The van der Waals surface area contributed by atoms with Crippen molar-refractivity contribution in [2.45, 2.75) is 37.8 Å². The predicted molar refractivity (Wildman–Crippen MR) is 53.2 cm³/mol. The molecule has 5 heteroatoms. The Morgan fingerprint density at radius 3 is 2.47 bits per heavy atom. The summed E-state index contributed by atoms with van der Waals surface area (Å²) in [6.07, 6.45) is 4.61. The summed E-state index contributed by atoms with van der Waals surface area (Å²) in [6, 6.07) is -0.246. The van der Waals surface area contributed by atoms with E-state index in [1.807, 2.05) is 0 Å². The van der Waals surface area contributed by atoms with Crippen molar-refractivity contribution in [2.75, 3.05) is 0 Å². The maximum absolute atomic E-state index is 11.2. The molecule has 3 N–H and O–H groups in total. The van der Waals surface area contributed by atoms with Gasteiger partial charge in [-0.2, -0.15) is 0 Å². The molecule has 0 aromatic heterocycles. The van der Waals surface area contributed by atoms with Crippen molar-refractivity contribution < 1.29 is 19.8 Å². The van der Waals surface area contributed by atoms with Crippen LogP contribution in [0.5, 0.6) is 0 Å². The van der Waals surface area contributed by atoms with E-state index in [1.165, 1.54) is 0 Å². The zero-order valence-electron chi connectivity index (χ0n) is 8.35. The van der Waals surface area contributed by atoms with Gasteiger partial charge in [0.05, 0.1) is 12.1 Å². The standard InChI is InChI=1S/C10H15NO4/c12-8-4-2-1-3-7(8)11-9(13)5-6-10(14)15/h5-8,12H,1-4H2,(H,11,13)(H,14,15)/b6-5+/t7-,8-/m1/s1. The summed E-state index contributed by atoms with van der Waals surface area (Å²) in [5.74, 6) is -1.63. The first-order valence-electron chi connectivity index (χ1n) is 4.99. The molecule has 0 spiro atoms. The highest BCUT2D eigenvalue weighted by Gasteiger charge is 2.23. The molecule has 84 valence electrons. The minimum atomic E-state index is -1.16. The number of carboxylic acids is 1. The molecule has 2 atom stereocenters. The number of carbonyl (C=O) groups excluding carboxylic acids is 1. The summed E-state index contributed by atoms with van der Waals surface area (Å²) in [5.41, 5.74) is 0. The first kappa shape index (κ1) is 11.7. The molecular formula is C10H15NO4. The fourth-order valence-corrected chi connectivity index (χ4v) is 1.66. The molecule has 15 heavy (non-hydrogen) atoms. The second-order valence-electron chi connectivity index (χ2n) is 3.64. The van der Waals surface area contributed by atoms with E-state index in [0.29, 0.717) is 6.42 Å². The molecule has 1 aliphatic rings. The molecular weight excluding hydrogens is 198 g/mol. The third-order valence-corrected chi connectivity index (χ3v) is 2.43. The molecule has 5 nitrogen and oxygen atoms in total. The number of hydrogen-bond acceptors (Lipinski definition) is 3. The molecule has 0 aliphatic heterocycles. The van der Waals surface area contributed by atoms with Gasteiger partial charge in [-0.15, -0.1) is 0 Å². The number of aliphatic hydroxyl groups excluding tert-OH is 1. The number of carbonyl (C=O) groups is 2. The Morgan fingerprint density at radius 1 is 1.20 bits per heavy atom. The summed E-state index contributed by atoms with van der Waals surface area (Å²) < 4.78 is 0. The van der Waals surface area contributed by atoms with E-state index in [1.54, 1.807) is 0 Å². The Hall–Kier alpha value is -1.36. The van der Waals surface area contributed by atoms with Crippen LogP contribution in [-0.2, 0) is 9.59 Å². The molecule has 0 aromatic carbocycles. The number of nitrogens with one attached hydrogen (secondary N) is 1. The molecule has 1 saturated carbocycles. The topological polar surface area (TPSA) is 86.6 Å². The van der Waals surface area contributed by atoms with Gasteiger partial charge in [0.2, 0.25) is 5.91 Å². The van der Waals surface area contributed by atoms with E-state index in [9.17, 15) is 14.7 Å². The predicted octanol–water partition coefficient (Wildman–Crippen LogP) is 0.0469. The summed E-state index contributed by atoms with van der Waals surface area (Å²) >= 11 is 0. The number of aliphatic hydroxyl groups is 1. The summed E-state index contributed by atoms with van der Waals surface area (Å²) in [7, 11) is 0. The van der Waals surface area contributed by atoms with Crippen molar-refractivity contribution in [3.63, 3.8) is 0 Å². The van der Waals surface area contributed by atoms with Crippen LogP contribution in [0.3, 0.4) is 0 Å². The van der Waals surface area contributed by atoms with Crippen LogP contribution >= 0.6 is 0 Å². The van der Waals surface area contributed by atoms with Crippen LogP contribution < -0.4 is 5.32 Å². The first-order valence-corrected chi connectivity index (χ1v) is 4.99. The first-order chi connectivity index (χ1) is 7.09. The van der Waals surface area contributed by atoms with Crippen LogP contribution in [0.4, 0.5) is 0 Å². The van der Waals surface area contributed by atoms with Crippen LogP contribution in [0.1, 0.15) is 25.7 Å². The molecule has 1 fully saturated rings. The molecule has 0 unspecified atom stereocenters.